The Labute approximate surface area is 123 Å². The molecule has 1 aromatic carbocycles. The van der Waals surface area contributed by atoms with E-state index in [1.807, 2.05) is 13.8 Å². The first-order chi connectivity index (χ1) is 9.97. The van der Waals surface area contributed by atoms with Gasteiger partial charge in [-0.05, 0) is 25.0 Å². The second-order valence-electron chi connectivity index (χ2n) is 4.69. The molecule has 21 heavy (non-hydrogen) atoms. The van der Waals surface area contributed by atoms with E-state index in [1.165, 1.54) is 23.1 Å². The predicted octanol–water partition coefficient (Wildman–Crippen LogP) is 1.80. The van der Waals surface area contributed by atoms with Crippen molar-refractivity contribution in [1.82, 2.24) is 4.90 Å². The highest BCUT2D eigenvalue weighted by molar-refractivity contribution is 6.00. The highest BCUT2D eigenvalue weighted by atomic mass is 16.6. The maximum Gasteiger partial charge on any atom is 0.304 e. The number of hydrogen-bond acceptors (Lipinski definition) is 5. The van der Waals surface area contributed by atoms with Crippen LogP contribution in [0.2, 0.25) is 0 Å². The molecule has 0 aliphatic carbocycles. The van der Waals surface area contributed by atoms with Gasteiger partial charge in [0.15, 0.2) is 0 Å². The van der Waals surface area contributed by atoms with Crippen LogP contribution in [0, 0.1) is 10.1 Å². The normalized spacial score (nSPS) is 10.7. The number of carbonyl (C=O) groups excluding carboxylic acids is 1. The van der Waals surface area contributed by atoms with E-state index in [1.54, 1.807) is 0 Å². The summed E-state index contributed by atoms with van der Waals surface area (Å²) >= 11 is 0. The van der Waals surface area contributed by atoms with Crippen LogP contribution in [-0.2, 0) is 0 Å². The van der Waals surface area contributed by atoms with Crippen LogP contribution in [0.4, 0.5) is 11.4 Å². The lowest BCUT2D eigenvalue weighted by Crippen LogP contribution is -2.41. The number of rotatable bonds is 7. The van der Waals surface area contributed by atoms with Crippen LogP contribution in [0.3, 0.4) is 0 Å². The molecule has 0 unspecified atom stereocenters. The number of nitrogen functional groups attached to an aromatic ring is 1. The van der Waals surface area contributed by atoms with Gasteiger partial charge in [-0.3, -0.25) is 14.9 Å². The smallest absolute Gasteiger partial charge is 0.304 e. The van der Waals surface area contributed by atoms with Crippen LogP contribution in [0.5, 0.6) is 0 Å². The van der Waals surface area contributed by atoms with Gasteiger partial charge in [-0.2, -0.15) is 0 Å². The summed E-state index contributed by atoms with van der Waals surface area (Å²) < 4.78 is 0. The third-order valence-electron chi connectivity index (χ3n) is 3.47. The molecule has 0 fully saturated rings. The molecule has 0 aliphatic rings. The number of nitro benzene ring substituents is 1. The molecule has 1 amide bonds. The molecule has 0 saturated heterocycles. The Bertz CT molecular complexity index is 515. The number of nitrogens with zero attached hydrogens (tertiary/aromatic N) is 2. The SMILES string of the molecule is CCC(CC)N(CCO)C(=O)c1cccc(N)c1[N+](=O)[O-]. The monoisotopic (exact) mass is 295 g/mol. The molecule has 0 aliphatic heterocycles. The van der Waals surface area contributed by atoms with Gasteiger partial charge in [0.1, 0.15) is 11.3 Å². The maximum absolute atomic E-state index is 12.6. The van der Waals surface area contributed by atoms with Gasteiger partial charge in [0, 0.05) is 12.6 Å². The molecule has 7 nitrogen and oxygen atoms in total. The van der Waals surface area contributed by atoms with Crippen LogP contribution in [0.1, 0.15) is 37.0 Å². The fourth-order valence-corrected chi connectivity index (χ4v) is 2.38. The zero-order chi connectivity index (χ0) is 16.0. The van der Waals surface area contributed by atoms with Crippen LogP contribution in [-0.4, -0.2) is 40.0 Å². The number of benzene rings is 1. The number of carbonyl (C=O) groups is 1. The fourth-order valence-electron chi connectivity index (χ4n) is 2.38. The average molecular weight is 295 g/mol. The summed E-state index contributed by atoms with van der Waals surface area (Å²) in [7, 11) is 0. The molecule has 0 spiro atoms. The largest absolute Gasteiger partial charge is 0.395 e. The van der Waals surface area contributed by atoms with Crippen molar-refractivity contribution in [1.29, 1.82) is 0 Å². The molecular weight excluding hydrogens is 274 g/mol. The van der Waals surface area contributed by atoms with E-state index in [9.17, 15) is 14.9 Å². The minimum absolute atomic E-state index is 0.0413. The zero-order valence-corrected chi connectivity index (χ0v) is 12.3. The molecule has 0 aromatic heterocycles. The molecule has 0 atom stereocenters. The Kier molecular flexibility index (Phi) is 6.10. The van der Waals surface area contributed by atoms with Crippen molar-refractivity contribution in [3.63, 3.8) is 0 Å². The standard InChI is InChI=1S/C14H21N3O4/c1-3-10(4-2)16(8-9-18)14(19)11-6-5-7-12(15)13(11)17(20)21/h5-7,10,18H,3-4,8-9,15H2,1-2H3. The highest BCUT2D eigenvalue weighted by Crippen LogP contribution is 2.28. The molecule has 0 heterocycles. The summed E-state index contributed by atoms with van der Waals surface area (Å²) in [4.78, 5) is 24.6. The van der Waals surface area contributed by atoms with Crippen LogP contribution in [0.15, 0.2) is 18.2 Å². The van der Waals surface area contributed by atoms with Crippen molar-refractivity contribution in [2.45, 2.75) is 32.7 Å². The number of para-hydroxylation sites is 1. The molecule has 3 N–H and O–H groups in total. The van der Waals surface area contributed by atoms with Gasteiger partial charge in [-0.15, -0.1) is 0 Å². The molecule has 1 rings (SSSR count). The van der Waals surface area contributed by atoms with E-state index in [4.69, 9.17) is 10.8 Å². The van der Waals surface area contributed by atoms with Crippen molar-refractivity contribution in [2.75, 3.05) is 18.9 Å². The van der Waals surface area contributed by atoms with Crippen molar-refractivity contribution >= 4 is 17.3 Å². The number of aliphatic hydroxyl groups is 1. The molecule has 0 saturated carbocycles. The van der Waals surface area contributed by atoms with E-state index in [-0.39, 0.29) is 36.1 Å². The number of nitrogens with two attached hydrogens (primary N) is 1. The summed E-state index contributed by atoms with van der Waals surface area (Å²) in [5.41, 5.74) is 5.15. The zero-order valence-electron chi connectivity index (χ0n) is 12.3. The van der Waals surface area contributed by atoms with Crippen LogP contribution in [0.25, 0.3) is 0 Å². The third-order valence-corrected chi connectivity index (χ3v) is 3.47. The van der Waals surface area contributed by atoms with Gasteiger partial charge in [0.2, 0.25) is 0 Å². The van der Waals surface area contributed by atoms with E-state index >= 15 is 0 Å². The highest BCUT2D eigenvalue weighted by Gasteiger charge is 2.29. The maximum atomic E-state index is 12.6. The van der Waals surface area contributed by atoms with Crippen LogP contribution < -0.4 is 5.73 Å². The Morgan fingerprint density at radius 1 is 1.43 bits per heavy atom. The summed E-state index contributed by atoms with van der Waals surface area (Å²) in [5.74, 6) is -0.475. The van der Waals surface area contributed by atoms with E-state index < -0.39 is 10.8 Å². The number of amides is 1. The number of aliphatic hydroxyl groups excluding tert-OH is 1. The van der Waals surface area contributed by atoms with E-state index in [2.05, 4.69) is 0 Å². The first-order valence-electron chi connectivity index (χ1n) is 6.92. The van der Waals surface area contributed by atoms with Crippen molar-refractivity contribution in [2.24, 2.45) is 0 Å². The second kappa shape index (κ2) is 7.58. The Hall–Kier alpha value is -2.15. The number of hydrogen-bond donors (Lipinski definition) is 2. The molecule has 1 aromatic rings. The topological polar surface area (TPSA) is 110 Å². The number of nitro groups is 1. The minimum Gasteiger partial charge on any atom is -0.395 e. The van der Waals surface area contributed by atoms with Gasteiger partial charge in [0.25, 0.3) is 5.91 Å². The Morgan fingerprint density at radius 3 is 2.52 bits per heavy atom. The second-order valence-corrected chi connectivity index (χ2v) is 4.69. The fraction of sp³-hybridized carbons (Fsp3) is 0.500. The van der Waals surface area contributed by atoms with E-state index in [0.29, 0.717) is 12.8 Å². The summed E-state index contributed by atoms with van der Waals surface area (Å²) in [6.45, 7) is 3.80. The first-order valence-corrected chi connectivity index (χ1v) is 6.92. The van der Waals surface area contributed by atoms with Gasteiger partial charge in [0.05, 0.1) is 11.5 Å². The van der Waals surface area contributed by atoms with Gasteiger partial charge >= 0.3 is 5.69 Å². The van der Waals surface area contributed by atoms with Crippen molar-refractivity contribution in [3.8, 4) is 0 Å². The predicted molar refractivity (Wildman–Crippen MR) is 80.0 cm³/mol. The Morgan fingerprint density at radius 2 is 2.05 bits per heavy atom. The molecular formula is C14H21N3O4. The van der Waals surface area contributed by atoms with Gasteiger partial charge in [-0.25, -0.2) is 0 Å². The molecule has 0 bridgehead atoms. The first kappa shape index (κ1) is 16.9. The molecule has 116 valence electrons. The quantitative estimate of drug-likeness (QED) is 0.453. The summed E-state index contributed by atoms with van der Waals surface area (Å²) in [5, 5.41) is 20.3. The summed E-state index contributed by atoms with van der Waals surface area (Å²) in [6.07, 6.45) is 1.41. The minimum atomic E-state index is -0.646. The van der Waals surface area contributed by atoms with Crippen LogP contribution >= 0.6 is 0 Å². The van der Waals surface area contributed by atoms with Crippen molar-refractivity contribution in [3.05, 3.63) is 33.9 Å². The lowest BCUT2D eigenvalue weighted by Gasteiger charge is -2.30. The van der Waals surface area contributed by atoms with E-state index in [0.717, 1.165) is 0 Å². The van der Waals surface area contributed by atoms with Gasteiger partial charge < -0.3 is 15.7 Å². The third kappa shape index (κ3) is 3.69. The lowest BCUT2D eigenvalue weighted by molar-refractivity contribution is -0.384. The molecule has 7 heteroatoms. The average Bonchev–Trinajstić information content (AvgIpc) is 2.46. The Balaban J connectivity index is 3.27. The summed E-state index contributed by atoms with van der Waals surface area (Å²) in [6, 6.07) is 4.22. The lowest BCUT2D eigenvalue weighted by atomic mass is 10.1. The molecule has 0 radical (unpaired) electrons. The van der Waals surface area contributed by atoms with Gasteiger partial charge in [-0.1, -0.05) is 19.9 Å². The van der Waals surface area contributed by atoms with Crippen molar-refractivity contribution < 1.29 is 14.8 Å². The number of anilines is 1.